The smallest absolute Gasteiger partial charge is 0.263 e. The molecule has 22 heavy (non-hydrogen) atoms. The number of nitroso groups, excluding NO2 is 1. The lowest BCUT2D eigenvalue weighted by Gasteiger charge is -2.16. The molecule has 2 aromatic rings. The second-order valence-corrected chi connectivity index (χ2v) is 6.04. The fourth-order valence-corrected chi connectivity index (χ4v) is 2.97. The molecule has 0 aliphatic carbocycles. The summed E-state index contributed by atoms with van der Waals surface area (Å²) in [7, 11) is 1.73. The van der Waals surface area contributed by atoms with E-state index in [-0.39, 0.29) is 11.7 Å². The number of carbonyl (C=O) groups is 1. The average Bonchev–Trinajstić information content (AvgIpc) is 3.02. The average molecular weight is 320 g/mol. The topological polar surface area (TPSA) is 49.7 Å². The Kier molecular flexibility index (Phi) is 5.38. The minimum atomic E-state index is -0.442. The number of thiophene rings is 1. The molecule has 0 fully saturated rings. The van der Waals surface area contributed by atoms with Crippen molar-refractivity contribution in [1.82, 2.24) is 4.90 Å². The van der Waals surface area contributed by atoms with Crippen LogP contribution >= 0.6 is 11.3 Å². The highest BCUT2D eigenvalue weighted by atomic mass is 32.1. The SMILES string of the molecule is CC(N=O)c1csc(C(=O)N(C)CCc2ccc(F)cc2)c1. The van der Waals surface area contributed by atoms with Gasteiger partial charge in [-0.15, -0.1) is 11.3 Å². The molecular formula is C16H17FN2O2S. The Hall–Kier alpha value is -2.08. The van der Waals surface area contributed by atoms with Crippen LogP contribution in [0.1, 0.15) is 33.8 Å². The minimum absolute atomic E-state index is 0.0866. The van der Waals surface area contributed by atoms with Crippen LogP contribution in [0.2, 0.25) is 0 Å². The summed E-state index contributed by atoms with van der Waals surface area (Å²) >= 11 is 1.31. The Morgan fingerprint density at radius 2 is 2.05 bits per heavy atom. The van der Waals surface area contributed by atoms with Crippen molar-refractivity contribution in [2.45, 2.75) is 19.4 Å². The Balaban J connectivity index is 1.95. The van der Waals surface area contributed by atoms with Gasteiger partial charge in [0.05, 0.1) is 4.88 Å². The predicted molar refractivity (Wildman–Crippen MR) is 85.6 cm³/mol. The van der Waals surface area contributed by atoms with Crippen LogP contribution in [0.5, 0.6) is 0 Å². The van der Waals surface area contributed by atoms with E-state index >= 15 is 0 Å². The van der Waals surface area contributed by atoms with Crippen LogP contribution in [-0.4, -0.2) is 24.4 Å². The summed E-state index contributed by atoms with van der Waals surface area (Å²) < 4.78 is 12.8. The van der Waals surface area contributed by atoms with Crippen LogP contribution in [0.4, 0.5) is 4.39 Å². The summed E-state index contributed by atoms with van der Waals surface area (Å²) in [5.41, 5.74) is 1.74. The van der Waals surface area contributed by atoms with Crippen molar-refractivity contribution in [2.24, 2.45) is 5.18 Å². The lowest BCUT2D eigenvalue weighted by molar-refractivity contribution is 0.0801. The monoisotopic (exact) mass is 320 g/mol. The number of carbonyl (C=O) groups excluding carboxylic acids is 1. The van der Waals surface area contributed by atoms with E-state index < -0.39 is 6.04 Å². The first-order valence-corrected chi connectivity index (χ1v) is 7.80. The molecule has 0 N–H and O–H groups in total. The van der Waals surface area contributed by atoms with E-state index in [1.165, 1.54) is 23.5 Å². The van der Waals surface area contributed by atoms with Gasteiger partial charge in [0.15, 0.2) is 0 Å². The number of hydrogen-bond acceptors (Lipinski definition) is 4. The molecule has 1 aromatic carbocycles. The molecule has 0 aliphatic rings. The van der Waals surface area contributed by atoms with Crippen molar-refractivity contribution in [3.05, 3.63) is 62.4 Å². The molecule has 116 valence electrons. The molecule has 1 heterocycles. The van der Waals surface area contributed by atoms with Crippen molar-refractivity contribution in [1.29, 1.82) is 0 Å². The second kappa shape index (κ2) is 7.26. The maximum atomic E-state index is 12.8. The summed E-state index contributed by atoms with van der Waals surface area (Å²) in [6.45, 7) is 2.24. The molecule has 1 unspecified atom stereocenters. The van der Waals surface area contributed by atoms with Crippen LogP contribution in [-0.2, 0) is 6.42 Å². The fraction of sp³-hybridized carbons (Fsp3) is 0.312. The molecule has 1 aromatic heterocycles. The first kappa shape index (κ1) is 16.3. The molecule has 0 bridgehead atoms. The van der Waals surface area contributed by atoms with Gasteiger partial charge < -0.3 is 4.90 Å². The van der Waals surface area contributed by atoms with E-state index in [9.17, 15) is 14.1 Å². The van der Waals surface area contributed by atoms with E-state index in [0.717, 1.165) is 11.1 Å². The van der Waals surface area contributed by atoms with Crippen LogP contribution in [0.3, 0.4) is 0 Å². The molecule has 0 aliphatic heterocycles. The number of amides is 1. The van der Waals surface area contributed by atoms with Crippen LogP contribution in [0, 0.1) is 10.7 Å². The third kappa shape index (κ3) is 3.98. The van der Waals surface area contributed by atoms with Crippen molar-refractivity contribution < 1.29 is 9.18 Å². The highest BCUT2D eigenvalue weighted by molar-refractivity contribution is 7.12. The number of rotatable bonds is 6. The molecule has 1 atom stereocenters. The first-order valence-electron chi connectivity index (χ1n) is 6.92. The molecule has 0 spiro atoms. The van der Waals surface area contributed by atoms with Gasteiger partial charge in [-0.1, -0.05) is 17.3 Å². The zero-order valence-electron chi connectivity index (χ0n) is 12.5. The van der Waals surface area contributed by atoms with Crippen LogP contribution in [0.15, 0.2) is 40.9 Å². The Morgan fingerprint density at radius 1 is 1.36 bits per heavy atom. The molecular weight excluding hydrogens is 303 g/mol. The van der Waals surface area contributed by atoms with Gasteiger partial charge in [-0.2, -0.15) is 4.91 Å². The highest BCUT2D eigenvalue weighted by Crippen LogP contribution is 2.24. The highest BCUT2D eigenvalue weighted by Gasteiger charge is 2.16. The van der Waals surface area contributed by atoms with Gasteiger partial charge >= 0.3 is 0 Å². The maximum absolute atomic E-state index is 12.8. The van der Waals surface area contributed by atoms with E-state index in [1.807, 2.05) is 0 Å². The fourth-order valence-electron chi connectivity index (χ4n) is 1.98. The summed E-state index contributed by atoms with van der Waals surface area (Å²) in [6, 6.07) is 7.53. The van der Waals surface area contributed by atoms with Gasteiger partial charge in [-0.3, -0.25) is 4.79 Å². The molecule has 0 saturated carbocycles. The molecule has 6 heteroatoms. The van der Waals surface area contributed by atoms with E-state index in [4.69, 9.17) is 0 Å². The maximum Gasteiger partial charge on any atom is 0.263 e. The lowest BCUT2D eigenvalue weighted by Crippen LogP contribution is -2.28. The number of nitrogens with zero attached hydrogens (tertiary/aromatic N) is 2. The number of hydrogen-bond donors (Lipinski definition) is 0. The minimum Gasteiger partial charge on any atom is -0.341 e. The molecule has 0 saturated heterocycles. The molecule has 0 radical (unpaired) electrons. The normalized spacial score (nSPS) is 12.0. The third-order valence-electron chi connectivity index (χ3n) is 3.47. The largest absolute Gasteiger partial charge is 0.341 e. The van der Waals surface area contributed by atoms with E-state index in [2.05, 4.69) is 5.18 Å². The van der Waals surface area contributed by atoms with Crippen LogP contribution in [0.25, 0.3) is 0 Å². The van der Waals surface area contributed by atoms with Crippen molar-refractivity contribution in [3.8, 4) is 0 Å². The second-order valence-electron chi connectivity index (χ2n) is 5.13. The van der Waals surface area contributed by atoms with Gasteiger partial charge in [0.2, 0.25) is 0 Å². The van der Waals surface area contributed by atoms with Gasteiger partial charge in [-0.05, 0) is 48.1 Å². The van der Waals surface area contributed by atoms with E-state index in [0.29, 0.717) is 17.8 Å². The summed E-state index contributed by atoms with van der Waals surface area (Å²) in [5.74, 6) is -0.353. The van der Waals surface area contributed by atoms with Crippen molar-refractivity contribution in [3.63, 3.8) is 0 Å². The van der Waals surface area contributed by atoms with Gasteiger partial charge in [0, 0.05) is 13.6 Å². The van der Waals surface area contributed by atoms with Crippen LogP contribution < -0.4 is 0 Å². The molecule has 1 amide bonds. The Bertz CT molecular complexity index is 654. The van der Waals surface area contributed by atoms with Crippen molar-refractivity contribution in [2.75, 3.05) is 13.6 Å². The number of benzene rings is 1. The Labute approximate surface area is 132 Å². The first-order chi connectivity index (χ1) is 10.5. The standard InChI is InChI=1S/C16H17FN2O2S/c1-11(18-21)13-9-15(22-10-13)16(20)19(2)8-7-12-3-5-14(17)6-4-12/h3-6,9-11H,7-8H2,1-2H3. The van der Waals surface area contributed by atoms with E-state index in [1.54, 1.807) is 42.5 Å². The molecule has 4 nitrogen and oxygen atoms in total. The third-order valence-corrected chi connectivity index (χ3v) is 4.40. The van der Waals surface area contributed by atoms with Gasteiger partial charge in [-0.25, -0.2) is 4.39 Å². The quantitative estimate of drug-likeness (QED) is 0.755. The van der Waals surface area contributed by atoms with Gasteiger partial charge in [0.25, 0.3) is 5.91 Å². The Morgan fingerprint density at radius 3 is 2.68 bits per heavy atom. The van der Waals surface area contributed by atoms with Gasteiger partial charge in [0.1, 0.15) is 11.9 Å². The summed E-state index contributed by atoms with van der Waals surface area (Å²) in [4.78, 5) is 25.1. The summed E-state index contributed by atoms with van der Waals surface area (Å²) in [6.07, 6.45) is 0.660. The number of halogens is 1. The molecule has 2 rings (SSSR count). The zero-order chi connectivity index (χ0) is 16.1. The zero-order valence-corrected chi connectivity index (χ0v) is 13.3. The summed E-state index contributed by atoms with van der Waals surface area (Å²) in [5, 5.41) is 4.75. The number of likely N-dealkylation sites (N-methyl/N-ethyl adjacent to an activating group) is 1. The lowest BCUT2D eigenvalue weighted by atomic mass is 10.1. The van der Waals surface area contributed by atoms with Crippen molar-refractivity contribution >= 4 is 17.2 Å². The predicted octanol–water partition coefficient (Wildman–Crippen LogP) is 4.03.